The van der Waals surface area contributed by atoms with Crippen LogP contribution >= 0.6 is 0 Å². The number of alkyl carbamates (subject to hydrolysis) is 1. The minimum Gasteiger partial charge on any atom is -0.480 e. The molecule has 16 nitrogen and oxygen atoms in total. The number of carbonyl (C=O) groups excluding carboxylic acids is 5. The van der Waals surface area contributed by atoms with E-state index in [4.69, 9.17) is 14.2 Å². The number of methoxy groups -OCH3 is 2. The maximum atomic E-state index is 14.5. The molecule has 0 saturated carbocycles. The molecule has 4 N–H and O–H groups in total. The number of carboxylic acid groups (broad SMARTS) is 1. The van der Waals surface area contributed by atoms with E-state index in [9.17, 15) is 33.9 Å². The second-order valence-corrected chi connectivity index (χ2v) is 18.9. The predicted octanol–water partition coefficient (Wildman–Crippen LogP) is 4.73. The summed E-state index contributed by atoms with van der Waals surface area (Å²) in [6.07, 6.45) is 0.697. The van der Waals surface area contributed by atoms with E-state index in [-0.39, 0.29) is 48.3 Å². The third-order valence-electron chi connectivity index (χ3n) is 12.1. The Morgan fingerprint density at radius 2 is 1.54 bits per heavy atom. The first-order valence-corrected chi connectivity index (χ1v) is 22.7. The number of hydrogen-bond acceptors (Lipinski definition) is 10. The molecule has 0 radical (unpaired) electrons. The van der Waals surface area contributed by atoms with Crippen molar-refractivity contribution < 1.29 is 48.1 Å². The molecule has 9 atom stereocenters. The first-order chi connectivity index (χ1) is 29.5. The zero-order valence-electron chi connectivity index (χ0n) is 40.6. The third-order valence-corrected chi connectivity index (χ3v) is 12.1. The smallest absolute Gasteiger partial charge is 0.407 e. The summed E-state index contributed by atoms with van der Waals surface area (Å²) in [5.41, 5.74) is 0.168. The molecule has 2 rings (SSSR count). The van der Waals surface area contributed by atoms with Crippen molar-refractivity contribution in [2.45, 2.75) is 156 Å². The fourth-order valence-electron chi connectivity index (χ4n) is 8.61. The molecule has 1 aromatic carbocycles. The standard InChI is InChI=1S/C47H80N6O10/c1-15-31(6)40(52(12)44(57)38(29(2)3)50-43(56)39(30(4)5)51(11)25-20-24-48-46(60)63-47(8,9)10)36(61-13)28-37(54)53-26-19-23-35(53)41(62-14)32(7)42(55)49-34(45(58)59)27-33-21-17-16-18-22-33/h16-18,21-22,29-32,34-36,38-41H,15,19-20,23-28H2,1-14H3,(H,48,60)(H,49,55)(H,50,56)(H,58,59)/t31-,32+,34+,35-,36+,38-,39-,40-,41+/m0/s1. The minimum atomic E-state index is -1.15. The largest absolute Gasteiger partial charge is 0.480 e. The number of hydrogen-bond donors (Lipinski definition) is 4. The van der Waals surface area contributed by atoms with Crippen molar-refractivity contribution >= 4 is 35.7 Å². The molecule has 0 aliphatic carbocycles. The van der Waals surface area contributed by atoms with Gasteiger partial charge in [0.1, 0.15) is 17.7 Å². The number of nitrogens with one attached hydrogen (secondary N) is 3. The first-order valence-electron chi connectivity index (χ1n) is 22.7. The Hall–Kier alpha value is -4.28. The quantitative estimate of drug-likeness (QED) is 0.0992. The highest BCUT2D eigenvalue weighted by molar-refractivity contribution is 5.90. The van der Waals surface area contributed by atoms with Crippen LogP contribution in [0.3, 0.4) is 0 Å². The SMILES string of the molecule is CC[C@H](C)[C@@H]([C@@H](CC(=O)N1CCC[C@H]1[C@H](OC)[C@@H](C)C(=O)N[C@H](Cc1ccccc1)C(=O)O)OC)N(C)C(=O)[C@@H](NC(=O)[C@H](C(C)C)N(C)CCCNC(=O)OC(C)(C)C)C(C)C. The lowest BCUT2D eigenvalue weighted by Crippen LogP contribution is -2.60. The Labute approximate surface area is 376 Å². The maximum absolute atomic E-state index is 14.5. The Morgan fingerprint density at radius 3 is 2.06 bits per heavy atom. The van der Waals surface area contributed by atoms with Gasteiger partial charge in [0, 0.05) is 47.3 Å². The average molecular weight is 889 g/mol. The van der Waals surface area contributed by atoms with Crippen molar-refractivity contribution in [3.05, 3.63) is 35.9 Å². The van der Waals surface area contributed by atoms with E-state index in [1.54, 1.807) is 44.5 Å². The molecule has 0 aromatic heterocycles. The van der Waals surface area contributed by atoms with Crippen molar-refractivity contribution in [3.63, 3.8) is 0 Å². The summed E-state index contributed by atoms with van der Waals surface area (Å²) in [5.74, 6) is -3.64. The third kappa shape index (κ3) is 16.7. The molecule has 1 saturated heterocycles. The molecule has 63 heavy (non-hydrogen) atoms. The lowest BCUT2D eigenvalue weighted by molar-refractivity contribution is -0.148. The molecule has 1 aromatic rings. The number of rotatable bonds is 25. The Bertz CT molecular complexity index is 1620. The molecule has 0 bridgehead atoms. The molecule has 358 valence electrons. The highest BCUT2D eigenvalue weighted by atomic mass is 16.6. The highest BCUT2D eigenvalue weighted by Crippen LogP contribution is 2.30. The van der Waals surface area contributed by atoms with Crippen LogP contribution in [-0.2, 0) is 44.6 Å². The van der Waals surface area contributed by atoms with Crippen LogP contribution in [0.5, 0.6) is 0 Å². The van der Waals surface area contributed by atoms with Gasteiger partial charge in [-0.05, 0) is 70.4 Å². The van der Waals surface area contributed by atoms with E-state index in [0.29, 0.717) is 45.3 Å². The fourth-order valence-corrected chi connectivity index (χ4v) is 8.61. The van der Waals surface area contributed by atoms with E-state index in [2.05, 4.69) is 16.0 Å². The Morgan fingerprint density at radius 1 is 0.905 bits per heavy atom. The van der Waals surface area contributed by atoms with Gasteiger partial charge >= 0.3 is 12.1 Å². The monoisotopic (exact) mass is 889 g/mol. The number of benzene rings is 1. The number of aliphatic carboxylic acids is 1. The molecule has 16 heteroatoms. The van der Waals surface area contributed by atoms with Crippen LogP contribution in [0, 0.1) is 23.7 Å². The van der Waals surface area contributed by atoms with Crippen molar-refractivity contribution in [1.82, 2.24) is 30.7 Å². The van der Waals surface area contributed by atoms with Crippen molar-refractivity contribution in [2.24, 2.45) is 23.7 Å². The Kier molecular flexibility index (Phi) is 22.5. The van der Waals surface area contributed by atoms with E-state index in [0.717, 1.165) is 5.56 Å². The molecule has 5 amide bonds. The van der Waals surface area contributed by atoms with Gasteiger partial charge in [0.25, 0.3) is 0 Å². The number of amides is 5. The number of ether oxygens (including phenoxy) is 3. The summed E-state index contributed by atoms with van der Waals surface area (Å²) in [6, 6.07) is 5.54. The lowest BCUT2D eigenvalue weighted by Gasteiger charge is -2.41. The van der Waals surface area contributed by atoms with Crippen LogP contribution < -0.4 is 16.0 Å². The summed E-state index contributed by atoms with van der Waals surface area (Å²) >= 11 is 0. The summed E-state index contributed by atoms with van der Waals surface area (Å²) in [4.78, 5) is 86.0. The molecular weight excluding hydrogens is 809 g/mol. The lowest BCUT2D eigenvalue weighted by atomic mass is 9.89. The highest BCUT2D eigenvalue weighted by Gasteiger charge is 2.43. The van der Waals surface area contributed by atoms with Crippen molar-refractivity contribution in [2.75, 3.05) is 47.9 Å². The van der Waals surface area contributed by atoms with Crippen LogP contribution in [0.1, 0.15) is 107 Å². The summed E-state index contributed by atoms with van der Waals surface area (Å²) < 4.78 is 17.3. The van der Waals surface area contributed by atoms with Gasteiger partial charge in [-0.25, -0.2) is 9.59 Å². The summed E-state index contributed by atoms with van der Waals surface area (Å²) in [6.45, 7) is 20.1. The molecule has 1 fully saturated rings. The molecule has 1 heterocycles. The molecule has 0 unspecified atom stereocenters. The second-order valence-electron chi connectivity index (χ2n) is 18.9. The number of nitrogens with zero attached hydrogens (tertiary/aromatic N) is 3. The average Bonchev–Trinajstić information content (AvgIpc) is 3.70. The number of carboxylic acids is 1. The van der Waals surface area contributed by atoms with E-state index in [1.165, 1.54) is 14.2 Å². The zero-order valence-corrected chi connectivity index (χ0v) is 40.6. The zero-order chi connectivity index (χ0) is 47.8. The fraction of sp³-hybridized carbons (Fsp3) is 0.745. The normalized spacial score (nSPS) is 18.2. The number of carbonyl (C=O) groups is 6. The molecule has 0 spiro atoms. The van der Waals surface area contributed by atoms with E-state index < -0.39 is 71.9 Å². The minimum absolute atomic E-state index is 0.0451. The van der Waals surface area contributed by atoms with Crippen molar-refractivity contribution in [3.8, 4) is 0 Å². The predicted molar refractivity (Wildman–Crippen MR) is 243 cm³/mol. The van der Waals surface area contributed by atoms with Gasteiger partial charge in [0.05, 0.1) is 42.7 Å². The summed E-state index contributed by atoms with van der Waals surface area (Å²) in [5, 5.41) is 18.4. The van der Waals surface area contributed by atoms with Crippen LogP contribution in [0.25, 0.3) is 0 Å². The molecule has 1 aliphatic rings. The number of likely N-dealkylation sites (N-methyl/N-ethyl adjacent to an activating group) is 2. The van der Waals surface area contributed by atoms with Gasteiger partial charge in [-0.1, -0.05) is 85.2 Å². The first kappa shape index (κ1) is 54.9. The summed E-state index contributed by atoms with van der Waals surface area (Å²) in [7, 11) is 6.57. The van der Waals surface area contributed by atoms with Crippen LogP contribution in [0.2, 0.25) is 0 Å². The Balaban J connectivity index is 2.23. The van der Waals surface area contributed by atoms with Gasteiger partial charge in [-0.2, -0.15) is 0 Å². The van der Waals surface area contributed by atoms with E-state index in [1.807, 2.05) is 83.8 Å². The number of likely N-dealkylation sites (tertiary alicyclic amines) is 1. The van der Waals surface area contributed by atoms with E-state index >= 15 is 0 Å². The topological polar surface area (TPSA) is 196 Å². The van der Waals surface area contributed by atoms with Gasteiger partial charge < -0.3 is 45.1 Å². The maximum Gasteiger partial charge on any atom is 0.407 e. The molecule has 1 aliphatic heterocycles. The van der Waals surface area contributed by atoms with Gasteiger partial charge in [-0.3, -0.25) is 24.1 Å². The van der Waals surface area contributed by atoms with Crippen molar-refractivity contribution in [1.29, 1.82) is 0 Å². The van der Waals surface area contributed by atoms with Gasteiger partial charge in [0.15, 0.2) is 0 Å². The van der Waals surface area contributed by atoms with Crippen LogP contribution in [0.4, 0.5) is 4.79 Å². The van der Waals surface area contributed by atoms with Crippen LogP contribution in [-0.4, -0.2) is 151 Å². The van der Waals surface area contributed by atoms with Gasteiger partial charge in [0.2, 0.25) is 23.6 Å². The molecular formula is C47H80N6O10. The second kappa shape index (κ2) is 25.9. The van der Waals surface area contributed by atoms with Gasteiger partial charge in [-0.15, -0.1) is 0 Å². The van der Waals surface area contributed by atoms with Crippen LogP contribution in [0.15, 0.2) is 30.3 Å².